The van der Waals surface area contributed by atoms with Gasteiger partial charge in [-0.05, 0) is 12.1 Å². The van der Waals surface area contributed by atoms with Crippen molar-refractivity contribution in [3.8, 4) is 0 Å². The van der Waals surface area contributed by atoms with Crippen LogP contribution < -0.4 is 0 Å². The summed E-state index contributed by atoms with van der Waals surface area (Å²) in [6.07, 6.45) is 0. The second-order valence-corrected chi connectivity index (χ2v) is 4.22. The Bertz CT molecular complexity index is 321. The van der Waals surface area contributed by atoms with Crippen LogP contribution in [-0.2, 0) is 9.53 Å². The van der Waals surface area contributed by atoms with Gasteiger partial charge in [0.2, 0.25) is 0 Å². The summed E-state index contributed by atoms with van der Waals surface area (Å²) in [5, 5.41) is 1.10. The highest BCUT2D eigenvalue weighted by Gasteiger charge is 2.08. The predicted molar refractivity (Wildman–Crippen MR) is 59.2 cm³/mol. The SMILES string of the molecule is COC(=O)CSc1c(Cl)cccc1Cl. The minimum absolute atomic E-state index is 0.208. The minimum atomic E-state index is -0.300. The number of hydrogen-bond donors (Lipinski definition) is 0. The Hall–Kier alpha value is -0.380. The summed E-state index contributed by atoms with van der Waals surface area (Å²) >= 11 is 13.1. The van der Waals surface area contributed by atoms with E-state index in [4.69, 9.17) is 23.2 Å². The van der Waals surface area contributed by atoms with Crippen LogP contribution in [0.3, 0.4) is 0 Å². The average Bonchev–Trinajstić information content (AvgIpc) is 2.16. The summed E-state index contributed by atoms with van der Waals surface area (Å²) in [6.45, 7) is 0. The lowest BCUT2D eigenvalue weighted by molar-refractivity contribution is -0.137. The number of carbonyl (C=O) groups excluding carboxylic acids is 1. The molecular formula is C9H8Cl2O2S. The van der Waals surface area contributed by atoms with Crippen LogP contribution in [0, 0.1) is 0 Å². The van der Waals surface area contributed by atoms with Crippen LogP contribution >= 0.6 is 35.0 Å². The molecule has 0 radical (unpaired) electrons. The normalized spacial score (nSPS) is 9.93. The first-order chi connectivity index (χ1) is 6.65. The number of benzene rings is 1. The molecule has 5 heteroatoms. The monoisotopic (exact) mass is 250 g/mol. The van der Waals surface area contributed by atoms with Crippen LogP contribution in [-0.4, -0.2) is 18.8 Å². The van der Waals surface area contributed by atoms with Gasteiger partial charge in [0.25, 0.3) is 0 Å². The van der Waals surface area contributed by atoms with Gasteiger partial charge in [0, 0.05) is 4.90 Å². The molecule has 1 aromatic carbocycles. The molecule has 2 nitrogen and oxygen atoms in total. The zero-order valence-corrected chi connectivity index (χ0v) is 9.75. The molecule has 0 unspecified atom stereocenters. The Labute approximate surface area is 96.5 Å². The van der Waals surface area contributed by atoms with Gasteiger partial charge in [0.15, 0.2) is 0 Å². The Balaban J connectivity index is 2.71. The van der Waals surface area contributed by atoms with E-state index in [1.54, 1.807) is 18.2 Å². The first-order valence-electron chi connectivity index (χ1n) is 3.78. The van der Waals surface area contributed by atoms with E-state index in [1.165, 1.54) is 18.9 Å². The molecular weight excluding hydrogens is 243 g/mol. The Morgan fingerprint density at radius 2 is 2.00 bits per heavy atom. The van der Waals surface area contributed by atoms with Gasteiger partial charge in [0.1, 0.15) is 0 Å². The molecule has 76 valence electrons. The van der Waals surface area contributed by atoms with E-state index in [1.807, 2.05) is 0 Å². The molecule has 14 heavy (non-hydrogen) atoms. The fraction of sp³-hybridized carbons (Fsp3) is 0.222. The molecule has 0 saturated heterocycles. The summed E-state index contributed by atoms with van der Waals surface area (Å²) in [5.74, 6) is -0.0917. The summed E-state index contributed by atoms with van der Waals surface area (Å²) < 4.78 is 4.51. The van der Waals surface area contributed by atoms with Gasteiger partial charge in [0.05, 0.1) is 22.9 Å². The maximum Gasteiger partial charge on any atom is 0.315 e. The first-order valence-corrected chi connectivity index (χ1v) is 5.53. The molecule has 0 aliphatic rings. The molecule has 0 heterocycles. The largest absolute Gasteiger partial charge is 0.468 e. The smallest absolute Gasteiger partial charge is 0.315 e. The van der Waals surface area contributed by atoms with Crippen LogP contribution in [0.25, 0.3) is 0 Å². The van der Waals surface area contributed by atoms with Crippen molar-refractivity contribution in [3.63, 3.8) is 0 Å². The number of carbonyl (C=O) groups is 1. The number of halogens is 2. The van der Waals surface area contributed by atoms with Crippen molar-refractivity contribution >= 4 is 40.9 Å². The molecule has 0 spiro atoms. The molecule has 0 N–H and O–H groups in total. The molecule has 0 aromatic heterocycles. The van der Waals surface area contributed by atoms with Crippen LogP contribution in [0.4, 0.5) is 0 Å². The van der Waals surface area contributed by atoms with E-state index >= 15 is 0 Å². The molecule has 1 aromatic rings. The van der Waals surface area contributed by atoms with E-state index in [2.05, 4.69) is 4.74 Å². The lowest BCUT2D eigenvalue weighted by Gasteiger charge is -2.04. The Morgan fingerprint density at radius 1 is 1.43 bits per heavy atom. The van der Waals surface area contributed by atoms with Gasteiger partial charge in [-0.15, -0.1) is 11.8 Å². The second kappa shape index (κ2) is 5.49. The van der Waals surface area contributed by atoms with Crippen molar-refractivity contribution in [3.05, 3.63) is 28.2 Å². The molecule has 1 rings (SSSR count). The topological polar surface area (TPSA) is 26.3 Å². The van der Waals surface area contributed by atoms with Crippen molar-refractivity contribution in [2.45, 2.75) is 4.90 Å². The van der Waals surface area contributed by atoms with Crippen molar-refractivity contribution in [2.24, 2.45) is 0 Å². The van der Waals surface area contributed by atoms with Gasteiger partial charge in [-0.3, -0.25) is 4.79 Å². The molecule has 0 atom stereocenters. The number of hydrogen-bond acceptors (Lipinski definition) is 3. The standard InChI is InChI=1S/C9H8Cl2O2S/c1-13-8(12)5-14-9-6(10)3-2-4-7(9)11/h2-4H,5H2,1H3. The summed E-state index contributed by atoms with van der Waals surface area (Å²) in [7, 11) is 1.34. The van der Waals surface area contributed by atoms with Gasteiger partial charge >= 0.3 is 5.97 Å². The van der Waals surface area contributed by atoms with E-state index in [-0.39, 0.29) is 11.7 Å². The highest BCUT2D eigenvalue weighted by atomic mass is 35.5. The average molecular weight is 251 g/mol. The number of thioether (sulfide) groups is 1. The lowest BCUT2D eigenvalue weighted by atomic mass is 10.4. The molecule has 0 aliphatic heterocycles. The van der Waals surface area contributed by atoms with Crippen molar-refractivity contribution in [2.75, 3.05) is 12.9 Å². The molecule has 0 amide bonds. The Kier molecular flexibility index (Phi) is 4.58. The van der Waals surface area contributed by atoms with Gasteiger partial charge in [-0.1, -0.05) is 29.3 Å². The maximum atomic E-state index is 10.9. The van der Waals surface area contributed by atoms with Crippen molar-refractivity contribution in [1.29, 1.82) is 0 Å². The number of rotatable bonds is 3. The summed E-state index contributed by atoms with van der Waals surface area (Å²) in [4.78, 5) is 11.6. The van der Waals surface area contributed by atoms with Crippen LogP contribution in [0.2, 0.25) is 10.0 Å². The van der Waals surface area contributed by atoms with Gasteiger partial charge in [-0.25, -0.2) is 0 Å². The van der Waals surface area contributed by atoms with E-state index in [9.17, 15) is 4.79 Å². The van der Waals surface area contributed by atoms with Crippen molar-refractivity contribution in [1.82, 2.24) is 0 Å². The predicted octanol–water partition coefficient (Wildman–Crippen LogP) is 3.26. The van der Waals surface area contributed by atoms with Crippen LogP contribution in [0.5, 0.6) is 0 Å². The van der Waals surface area contributed by atoms with Crippen LogP contribution in [0.15, 0.2) is 23.1 Å². The Morgan fingerprint density at radius 3 is 2.50 bits per heavy atom. The third-order valence-corrected chi connectivity index (χ3v) is 3.44. The molecule has 0 aliphatic carbocycles. The highest BCUT2D eigenvalue weighted by molar-refractivity contribution is 8.00. The number of ether oxygens (including phenoxy) is 1. The number of methoxy groups -OCH3 is 1. The van der Waals surface area contributed by atoms with Crippen molar-refractivity contribution < 1.29 is 9.53 Å². The zero-order chi connectivity index (χ0) is 10.6. The number of esters is 1. The minimum Gasteiger partial charge on any atom is -0.468 e. The molecule has 0 fully saturated rings. The van der Waals surface area contributed by atoms with E-state index in [0.717, 1.165) is 0 Å². The second-order valence-electron chi connectivity index (χ2n) is 2.42. The fourth-order valence-corrected chi connectivity index (χ4v) is 2.33. The highest BCUT2D eigenvalue weighted by Crippen LogP contribution is 2.33. The summed E-state index contributed by atoms with van der Waals surface area (Å²) in [6, 6.07) is 5.22. The van der Waals surface area contributed by atoms with Gasteiger partial charge in [-0.2, -0.15) is 0 Å². The maximum absolute atomic E-state index is 10.9. The molecule has 0 bridgehead atoms. The zero-order valence-electron chi connectivity index (χ0n) is 7.42. The lowest BCUT2D eigenvalue weighted by Crippen LogP contribution is -2.02. The first kappa shape index (κ1) is 11.7. The third kappa shape index (κ3) is 3.08. The quantitative estimate of drug-likeness (QED) is 0.609. The fourth-order valence-electron chi connectivity index (χ4n) is 0.810. The third-order valence-electron chi connectivity index (χ3n) is 1.48. The van der Waals surface area contributed by atoms with Gasteiger partial charge < -0.3 is 4.74 Å². The molecule has 0 saturated carbocycles. The van der Waals surface area contributed by atoms with E-state index in [0.29, 0.717) is 14.9 Å². The summed E-state index contributed by atoms with van der Waals surface area (Å²) in [5.41, 5.74) is 0. The van der Waals surface area contributed by atoms with Crippen LogP contribution in [0.1, 0.15) is 0 Å². The van der Waals surface area contributed by atoms with E-state index < -0.39 is 0 Å².